The summed E-state index contributed by atoms with van der Waals surface area (Å²) in [5, 5.41) is 4.41. The molecule has 0 aromatic rings. The fourth-order valence-electron chi connectivity index (χ4n) is 1.19. The molecule has 17 heavy (non-hydrogen) atoms. The van der Waals surface area contributed by atoms with Gasteiger partial charge in [0.25, 0.3) is 0 Å². The third-order valence-corrected chi connectivity index (χ3v) is 2.17. The summed E-state index contributed by atoms with van der Waals surface area (Å²) in [7, 11) is 0. The molecule has 0 radical (unpaired) electrons. The lowest BCUT2D eigenvalue weighted by Crippen LogP contribution is -2.25. The van der Waals surface area contributed by atoms with Crippen LogP contribution in [0.25, 0.3) is 0 Å². The van der Waals surface area contributed by atoms with E-state index in [0.29, 0.717) is 6.61 Å². The van der Waals surface area contributed by atoms with E-state index >= 15 is 0 Å². The molecule has 0 spiro atoms. The van der Waals surface area contributed by atoms with Crippen molar-refractivity contribution in [1.29, 1.82) is 0 Å². The fraction of sp³-hybridized carbons (Fsp3) is 0.917. The van der Waals surface area contributed by atoms with Gasteiger partial charge in [-0.05, 0) is 31.7 Å². The summed E-state index contributed by atoms with van der Waals surface area (Å²) in [6.45, 7) is 8.09. The lowest BCUT2D eigenvalue weighted by Gasteiger charge is -2.21. The van der Waals surface area contributed by atoms with Crippen molar-refractivity contribution in [3.05, 3.63) is 0 Å². The van der Waals surface area contributed by atoms with E-state index < -0.39 is 11.8 Å². The molecule has 0 aliphatic carbocycles. The van der Waals surface area contributed by atoms with Crippen LogP contribution in [0.5, 0.6) is 0 Å². The molecular formula is C12H24O5. The summed E-state index contributed by atoms with van der Waals surface area (Å²) in [4.78, 5) is 20.2. The van der Waals surface area contributed by atoms with Gasteiger partial charge in [0, 0.05) is 0 Å². The molecule has 0 saturated carbocycles. The monoisotopic (exact) mass is 248 g/mol. The molecule has 0 aromatic carbocycles. The quantitative estimate of drug-likeness (QED) is 0.269. The van der Waals surface area contributed by atoms with Crippen LogP contribution in [0.1, 0.15) is 59.8 Å². The highest BCUT2D eigenvalue weighted by Crippen LogP contribution is 2.19. The molecule has 5 nitrogen and oxygen atoms in total. The van der Waals surface area contributed by atoms with Crippen molar-refractivity contribution in [1.82, 2.24) is 0 Å². The molecule has 5 heteroatoms. The minimum Gasteiger partial charge on any atom is -0.432 e. The molecule has 0 N–H and O–H groups in total. The first-order valence-corrected chi connectivity index (χ1v) is 6.21. The number of carbonyl (C=O) groups is 1. The number of rotatable bonds is 9. The summed E-state index contributed by atoms with van der Waals surface area (Å²) in [5.41, 5.74) is -0.472. The lowest BCUT2D eigenvalue weighted by atomic mass is 10.0. The molecule has 0 aliphatic rings. The minimum absolute atomic E-state index is 0.308. The van der Waals surface area contributed by atoms with Gasteiger partial charge in [0.15, 0.2) is 0 Å². The number of carbonyl (C=O) groups excluding carboxylic acids is 1. The average molecular weight is 248 g/mol. The maximum atomic E-state index is 10.9. The van der Waals surface area contributed by atoms with E-state index in [1.807, 2.05) is 20.8 Å². The van der Waals surface area contributed by atoms with E-state index in [-0.39, 0.29) is 0 Å². The molecular weight excluding hydrogens is 224 g/mol. The van der Waals surface area contributed by atoms with E-state index in [1.54, 1.807) is 0 Å². The Morgan fingerprint density at radius 2 is 1.82 bits per heavy atom. The van der Waals surface area contributed by atoms with Crippen molar-refractivity contribution in [3.8, 4) is 0 Å². The Balaban J connectivity index is 3.60. The van der Waals surface area contributed by atoms with Crippen LogP contribution < -0.4 is 0 Å². The van der Waals surface area contributed by atoms with E-state index in [9.17, 15) is 4.79 Å². The highest BCUT2D eigenvalue weighted by molar-refractivity contribution is 5.58. The van der Waals surface area contributed by atoms with Gasteiger partial charge in [-0.2, -0.15) is 4.89 Å². The molecule has 0 aromatic heterocycles. The van der Waals surface area contributed by atoms with Crippen molar-refractivity contribution in [2.75, 3.05) is 6.61 Å². The predicted molar refractivity (Wildman–Crippen MR) is 63.1 cm³/mol. The van der Waals surface area contributed by atoms with Crippen LogP contribution in [0, 0.1) is 0 Å². The molecule has 0 aliphatic heterocycles. The van der Waals surface area contributed by atoms with Gasteiger partial charge >= 0.3 is 6.16 Å². The standard InChI is InChI=1S/C12H24O5/c1-5-7-8-9-12(3,4)16-17-15-11(13)14-10-6-2/h5-10H2,1-4H3. The van der Waals surface area contributed by atoms with Crippen LogP contribution in [0.2, 0.25) is 0 Å². The summed E-state index contributed by atoms with van der Waals surface area (Å²) in [6.07, 6.45) is 4.04. The molecule has 0 heterocycles. The number of unbranched alkanes of at least 4 members (excludes halogenated alkanes) is 2. The molecule has 0 saturated heterocycles. The lowest BCUT2D eigenvalue weighted by molar-refractivity contribution is -0.517. The summed E-state index contributed by atoms with van der Waals surface area (Å²) < 4.78 is 4.64. The maximum Gasteiger partial charge on any atom is 0.542 e. The largest absolute Gasteiger partial charge is 0.542 e. The van der Waals surface area contributed by atoms with Gasteiger partial charge in [0.1, 0.15) is 5.60 Å². The third-order valence-electron chi connectivity index (χ3n) is 2.17. The van der Waals surface area contributed by atoms with Crippen LogP contribution in [-0.2, 0) is 19.6 Å². The van der Waals surface area contributed by atoms with Crippen molar-refractivity contribution >= 4 is 6.16 Å². The summed E-state index contributed by atoms with van der Waals surface area (Å²) >= 11 is 0. The zero-order chi connectivity index (χ0) is 13.1. The Hall–Kier alpha value is -0.810. The Labute approximate surface area is 103 Å². The molecule has 0 bridgehead atoms. The second-order valence-electron chi connectivity index (χ2n) is 4.55. The van der Waals surface area contributed by atoms with Crippen molar-refractivity contribution in [2.24, 2.45) is 0 Å². The summed E-state index contributed by atoms with van der Waals surface area (Å²) in [5.74, 6) is 0. The number of hydrogen-bond acceptors (Lipinski definition) is 5. The highest BCUT2D eigenvalue weighted by Gasteiger charge is 2.21. The molecule has 0 amide bonds. The Kier molecular flexibility index (Phi) is 8.80. The van der Waals surface area contributed by atoms with Gasteiger partial charge in [0.05, 0.1) is 6.61 Å². The second kappa shape index (κ2) is 9.24. The Morgan fingerprint density at radius 3 is 2.41 bits per heavy atom. The molecule has 0 atom stereocenters. The first-order valence-electron chi connectivity index (χ1n) is 6.21. The maximum absolute atomic E-state index is 10.9. The molecule has 0 unspecified atom stereocenters. The smallest absolute Gasteiger partial charge is 0.432 e. The van der Waals surface area contributed by atoms with Crippen LogP contribution in [0.3, 0.4) is 0 Å². The fourth-order valence-corrected chi connectivity index (χ4v) is 1.19. The number of hydrogen-bond donors (Lipinski definition) is 0. The molecule has 0 rings (SSSR count). The van der Waals surface area contributed by atoms with Crippen molar-refractivity contribution in [3.63, 3.8) is 0 Å². The van der Waals surface area contributed by atoms with Gasteiger partial charge in [-0.25, -0.2) is 9.68 Å². The number of ether oxygens (including phenoxy) is 1. The second-order valence-corrected chi connectivity index (χ2v) is 4.55. The van der Waals surface area contributed by atoms with E-state index in [2.05, 4.69) is 21.6 Å². The average Bonchev–Trinajstić information content (AvgIpc) is 2.26. The minimum atomic E-state index is -0.879. The van der Waals surface area contributed by atoms with Crippen molar-refractivity contribution in [2.45, 2.75) is 65.4 Å². The van der Waals surface area contributed by atoms with Crippen LogP contribution >= 0.6 is 0 Å². The van der Waals surface area contributed by atoms with Gasteiger partial charge < -0.3 is 4.74 Å². The Morgan fingerprint density at radius 1 is 1.12 bits per heavy atom. The predicted octanol–water partition coefficient (Wildman–Crippen LogP) is 3.77. The zero-order valence-corrected chi connectivity index (χ0v) is 11.3. The highest BCUT2D eigenvalue weighted by atomic mass is 17.5. The Bertz CT molecular complexity index is 203. The molecule has 0 fully saturated rings. The van der Waals surface area contributed by atoms with Crippen LogP contribution in [0.15, 0.2) is 0 Å². The molecule has 102 valence electrons. The third kappa shape index (κ3) is 10.1. The zero-order valence-electron chi connectivity index (χ0n) is 11.3. The SMILES string of the molecule is CCCCCC(C)(C)OOOC(=O)OCCC. The first-order chi connectivity index (χ1) is 8.02. The van der Waals surface area contributed by atoms with E-state index in [0.717, 1.165) is 32.1 Å². The van der Waals surface area contributed by atoms with Crippen LogP contribution in [-0.4, -0.2) is 18.4 Å². The van der Waals surface area contributed by atoms with Gasteiger partial charge in [-0.3, -0.25) is 0 Å². The normalized spacial score (nSPS) is 11.3. The van der Waals surface area contributed by atoms with Crippen molar-refractivity contribution < 1.29 is 24.3 Å². The first kappa shape index (κ1) is 16.2. The van der Waals surface area contributed by atoms with Gasteiger partial charge in [-0.15, -0.1) is 0 Å². The summed E-state index contributed by atoms with van der Waals surface area (Å²) in [6, 6.07) is 0. The van der Waals surface area contributed by atoms with Gasteiger partial charge in [0.2, 0.25) is 0 Å². The van der Waals surface area contributed by atoms with Gasteiger partial charge in [-0.1, -0.05) is 33.1 Å². The van der Waals surface area contributed by atoms with E-state index in [4.69, 9.17) is 4.89 Å². The van der Waals surface area contributed by atoms with Crippen LogP contribution in [0.4, 0.5) is 4.79 Å². The van der Waals surface area contributed by atoms with E-state index in [1.165, 1.54) is 0 Å². The topological polar surface area (TPSA) is 54.0 Å².